The molecule has 2 N–H and O–H groups in total. The normalized spacial score (nSPS) is 11.1. The van der Waals surface area contributed by atoms with E-state index in [-0.39, 0.29) is 5.56 Å². The minimum absolute atomic E-state index is 0.0881. The van der Waals surface area contributed by atoms with Gasteiger partial charge in [0.2, 0.25) is 0 Å². The number of thiocarbonyl (C=S) groups is 1. The molecule has 7 heteroatoms. The molecule has 0 unspecified atom stereocenters. The number of pyridine rings is 1. The largest absolute Gasteiger partial charge is 0.343 e. The average molecular weight is 443 g/mol. The number of hydrogen-bond donors (Lipinski definition) is 2. The third-order valence-corrected chi connectivity index (χ3v) is 5.51. The van der Waals surface area contributed by atoms with Crippen LogP contribution < -0.4 is 10.9 Å². The standard InChI is InChI=1S/C23H27ClN4OS/c1-15-10-16(2)21-17(11-15)12-18(22(29)26-21)14-28(9-8-27(3)4)23(30)25-20-7-5-6-19(24)13-20/h5-7,10-13H,8-9,14H2,1-4H3,(H,25,30)(H,26,29). The van der Waals surface area contributed by atoms with E-state index in [1.54, 1.807) is 0 Å². The van der Waals surface area contributed by atoms with Crippen molar-refractivity contribution in [2.45, 2.75) is 20.4 Å². The molecule has 0 aliphatic rings. The minimum Gasteiger partial charge on any atom is -0.343 e. The van der Waals surface area contributed by atoms with Crippen molar-refractivity contribution in [2.24, 2.45) is 0 Å². The molecule has 0 atom stereocenters. The van der Waals surface area contributed by atoms with E-state index in [2.05, 4.69) is 34.3 Å². The summed E-state index contributed by atoms with van der Waals surface area (Å²) < 4.78 is 0. The van der Waals surface area contributed by atoms with Gasteiger partial charge < -0.3 is 20.1 Å². The van der Waals surface area contributed by atoms with E-state index in [1.807, 2.05) is 56.3 Å². The van der Waals surface area contributed by atoms with Gasteiger partial charge in [-0.2, -0.15) is 0 Å². The Labute approximate surface area is 187 Å². The van der Waals surface area contributed by atoms with E-state index in [4.69, 9.17) is 23.8 Å². The lowest BCUT2D eigenvalue weighted by atomic mass is 10.1. The number of benzene rings is 2. The molecule has 1 aromatic heterocycles. The highest BCUT2D eigenvalue weighted by Gasteiger charge is 2.15. The highest BCUT2D eigenvalue weighted by atomic mass is 35.5. The molecule has 158 valence electrons. The fourth-order valence-corrected chi connectivity index (χ4v) is 3.86. The Hall–Kier alpha value is -2.41. The maximum absolute atomic E-state index is 12.8. The number of H-pyrrole nitrogens is 1. The van der Waals surface area contributed by atoms with Gasteiger partial charge in [0.05, 0.1) is 12.1 Å². The summed E-state index contributed by atoms with van der Waals surface area (Å²) in [6.07, 6.45) is 0. The van der Waals surface area contributed by atoms with Crippen LogP contribution in [-0.2, 0) is 6.54 Å². The Balaban J connectivity index is 1.89. The molecule has 0 spiro atoms. The maximum Gasteiger partial charge on any atom is 0.253 e. The molecule has 0 radical (unpaired) electrons. The number of hydrogen-bond acceptors (Lipinski definition) is 3. The lowest BCUT2D eigenvalue weighted by molar-refractivity contribution is 0.327. The molecule has 0 saturated heterocycles. The van der Waals surface area contributed by atoms with Gasteiger partial charge in [-0.1, -0.05) is 29.3 Å². The molecule has 30 heavy (non-hydrogen) atoms. The van der Waals surface area contributed by atoms with Crippen LogP contribution in [0.2, 0.25) is 5.02 Å². The topological polar surface area (TPSA) is 51.4 Å². The fraction of sp³-hybridized carbons (Fsp3) is 0.304. The van der Waals surface area contributed by atoms with E-state index in [0.29, 0.717) is 28.8 Å². The second kappa shape index (κ2) is 9.60. The predicted octanol–water partition coefficient (Wildman–Crippen LogP) is 4.56. The Kier molecular flexibility index (Phi) is 7.13. The molecule has 0 bridgehead atoms. The zero-order valence-corrected chi connectivity index (χ0v) is 19.3. The van der Waals surface area contributed by atoms with Crippen molar-refractivity contribution in [3.8, 4) is 0 Å². The van der Waals surface area contributed by atoms with Gasteiger partial charge in [-0.3, -0.25) is 4.79 Å². The molecule has 3 aromatic rings. The fourth-order valence-electron chi connectivity index (χ4n) is 3.40. The van der Waals surface area contributed by atoms with Crippen LogP contribution in [-0.4, -0.2) is 47.1 Å². The van der Waals surface area contributed by atoms with Gasteiger partial charge in [0.15, 0.2) is 5.11 Å². The number of aromatic amines is 1. The number of aryl methyl sites for hydroxylation is 2. The van der Waals surface area contributed by atoms with E-state index >= 15 is 0 Å². The number of halogens is 1. The van der Waals surface area contributed by atoms with Gasteiger partial charge in [0.1, 0.15) is 0 Å². The number of fused-ring (bicyclic) bond motifs is 1. The van der Waals surface area contributed by atoms with Crippen molar-refractivity contribution < 1.29 is 0 Å². The SMILES string of the molecule is Cc1cc(C)c2[nH]c(=O)c(CN(CCN(C)C)C(=S)Nc3cccc(Cl)c3)cc2c1. The zero-order valence-electron chi connectivity index (χ0n) is 17.8. The summed E-state index contributed by atoms with van der Waals surface area (Å²) in [4.78, 5) is 19.9. The summed E-state index contributed by atoms with van der Waals surface area (Å²) in [7, 11) is 4.03. The van der Waals surface area contributed by atoms with Crippen molar-refractivity contribution in [3.63, 3.8) is 0 Å². The molecular weight excluding hydrogens is 416 g/mol. The summed E-state index contributed by atoms with van der Waals surface area (Å²) in [5, 5.41) is 5.47. The van der Waals surface area contributed by atoms with E-state index in [9.17, 15) is 4.79 Å². The van der Waals surface area contributed by atoms with Crippen molar-refractivity contribution >= 4 is 45.5 Å². The molecule has 0 amide bonds. The lowest BCUT2D eigenvalue weighted by Gasteiger charge is -2.27. The summed E-state index contributed by atoms with van der Waals surface area (Å²) in [5.41, 5.74) is 4.53. The van der Waals surface area contributed by atoms with E-state index in [1.165, 1.54) is 5.56 Å². The van der Waals surface area contributed by atoms with Crippen LogP contribution in [0.1, 0.15) is 16.7 Å². The first-order valence-corrected chi connectivity index (χ1v) is 10.6. The first kappa shape index (κ1) is 22.3. The molecule has 0 saturated carbocycles. The summed E-state index contributed by atoms with van der Waals surface area (Å²) in [6, 6.07) is 13.6. The Morgan fingerprint density at radius 1 is 1.13 bits per heavy atom. The number of likely N-dealkylation sites (N-methyl/N-ethyl adjacent to an activating group) is 1. The van der Waals surface area contributed by atoms with Crippen LogP contribution in [0.3, 0.4) is 0 Å². The first-order valence-electron chi connectivity index (χ1n) is 9.82. The van der Waals surface area contributed by atoms with Crippen LogP contribution >= 0.6 is 23.8 Å². The number of nitrogens with one attached hydrogen (secondary N) is 2. The number of nitrogens with zero attached hydrogens (tertiary/aromatic N) is 2. The molecular formula is C23H27ClN4OS. The molecule has 3 rings (SSSR count). The van der Waals surface area contributed by atoms with Crippen molar-refractivity contribution in [1.82, 2.24) is 14.8 Å². The zero-order chi connectivity index (χ0) is 21.8. The molecule has 5 nitrogen and oxygen atoms in total. The van der Waals surface area contributed by atoms with Gasteiger partial charge >= 0.3 is 0 Å². The van der Waals surface area contributed by atoms with E-state index in [0.717, 1.165) is 28.7 Å². The molecule has 0 aliphatic carbocycles. The van der Waals surface area contributed by atoms with Gasteiger partial charge in [0.25, 0.3) is 5.56 Å². The van der Waals surface area contributed by atoms with Crippen LogP contribution in [0.4, 0.5) is 5.69 Å². The number of aromatic nitrogens is 1. The van der Waals surface area contributed by atoms with Gasteiger partial charge in [-0.25, -0.2) is 0 Å². The van der Waals surface area contributed by atoms with Crippen LogP contribution in [0.25, 0.3) is 10.9 Å². The predicted molar refractivity (Wildman–Crippen MR) is 131 cm³/mol. The summed E-state index contributed by atoms with van der Waals surface area (Å²) >= 11 is 11.8. The number of rotatable bonds is 6. The average Bonchev–Trinajstić information content (AvgIpc) is 2.65. The third kappa shape index (κ3) is 5.59. The smallest absolute Gasteiger partial charge is 0.253 e. The Morgan fingerprint density at radius 3 is 2.60 bits per heavy atom. The molecule has 0 aliphatic heterocycles. The van der Waals surface area contributed by atoms with Crippen molar-refractivity contribution in [3.05, 3.63) is 74.5 Å². The maximum atomic E-state index is 12.8. The van der Waals surface area contributed by atoms with E-state index < -0.39 is 0 Å². The first-order chi connectivity index (χ1) is 14.2. The van der Waals surface area contributed by atoms with Crippen molar-refractivity contribution in [1.29, 1.82) is 0 Å². The van der Waals surface area contributed by atoms with Gasteiger partial charge in [-0.15, -0.1) is 0 Å². The van der Waals surface area contributed by atoms with Crippen molar-refractivity contribution in [2.75, 3.05) is 32.5 Å². The van der Waals surface area contributed by atoms with Crippen LogP contribution in [0.15, 0.2) is 47.3 Å². The van der Waals surface area contributed by atoms with Crippen LogP contribution in [0, 0.1) is 13.8 Å². The minimum atomic E-state index is -0.0881. The Morgan fingerprint density at radius 2 is 1.90 bits per heavy atom. The molecule has 2 aromatic carbocycles. The summed E-state index contributed by atoms with van der Waals surface area (Å²) in [6.45, 7) is 5.98. The second-order valence-electron chi connectivity index (χ2n) is 7.84. The molecule has 1 heterocycles. The lowest BCUT2D eigenvalue weighted by Crippen LogP contribution is -2.40. The number of anilines is 1. The monoisotopic (exact) mass is 442 g/mol. The quantitative estimate of drug-likeness (QED) is 0.548. The summed E-state index contributed by atoms with van der Waals surface area (Å²) in [5.74, 6) is 0. The van der Waals surface area contributed by atoms with Crippen LogP contribution in [0.5, 0.6) is 0 Å². The molecule has 0 fully saturated rings. The second-order valence-corrected chi connectivity index (χ2v) is 8.66. The van der Waals surface area contributed by atoms with Gasteiger partial charge in [-0.05, 0) is 81.4 Å². The highest BCUT2D eigenvalue weighted by molar-refractivity contribution is 7.80. The Bertz CT molecular complexity index is 1130. The van der Waals surface area contributed by atoms with Gasteiger partial charge in [0, 0.05) is 29.4 Å². The third-order valence-electron chi connectivity index (χ3n) is 4.91. The highest BCUT2D eigenvalue weighted by Crippen LogP contribution is 2.19.